The van der Waals surface area contributed by atoms with Gasteiger partial charge in [0.15, 0.2) is 0 Å². The van der Waals surface area contributed by atoms with Crippen LogP contribution in [0.15, 0.2) is 29.1 Å². The van der Waals surface area contributed by atoms with Gasteiger partial charge < -0.3 is 0 Å². The number of nitrogens with zero attached hydrogens (tertiary/aromatic N) is 1. The predicted octanol–water partition coefficient (Wildman–Crippen LogP) is 7.66. The lowest BCUT2D eigenvalue weighted by Crippen LogP contribution is -2.76. The largest absolute Gasteiger partial charge is 0.460 e. The average Bonchev–Trinajstić information content (AvgIpc) is 2.82. The zero-order valence-corrected chi connectivity index (χ0v) is 18.6. The summed E-state index contributed by atoms with van der Waals surface area (Å²) in [5, 5.41) is 0.382. The van der Waals surface area contributed by atoms with Crippen molar-refractivity contribution >= 4 is 10.8 Å². The third-order valence-electron chi connectivity index (χ3n) is 5.50. The van der Waals surface area contributed by atoms with Gasteiger partial charge in [-0.05, 0) is 6.07 Å². The lowest BCUT2D eigenvalue weighted by molar-refractivity contribution is -0.475. The van der Waals surface area contributed by atoms with Crippen LogP contribution in [0.4, 0.5) is 92.2 Å². The van der Waals surface area contributed by atoms with Crippen molar-refractivity contribution in [2.45, 2.75) is 59.5 Å². The Bertz CT molecular complexity index is 1390. The van der Waals surface area contributed by atoms with Gasteiger partial charge in [-0.25, -0.2) is 5.10 Å². The molecule has 0 radical (unpaired) electrons. The van der Waals surface area contributed by atoms with E-state index in [1.807, 2.05) is 0 Å². The van der Waals surface area contributed by atoms with Gasteiger partial charge in [-0.1, -0.05) is 18.2 Å². The first-order valence-electron chi connectivity index (χ1n) is 9.70. The number of hydrogen-bond donors (Lipinski definition) is 1. The van der Waals surface area contributed by atoms with E-state index in [0.29, 0.717) is 12.1 Å². The molecule has 0 aliphatic rings. The minimum Gasteiger partial charge on any atom is -0.267 e. The van der Waals surface area contributed by atoms with Gasteiger partial charge in [0.05, 0.1) is 5.39 Å². The second kappa shape index (κ2) is 9.19. The number of aromatic amines is 1. The van der Waals surface area contributed by atoms with E-state index in [1.54, 1.807) is 0 Å². The molecule has 0 aliphatic carbocycles. The molecule has 2 aromatic rings. The summed E-state index contributed by atoms with van der Waals surface area (Å²) in [5.74, 6) is -78.2. The van der Waals surface area contributed by atoms with E-state index in [-0.39, 0.29) is 6.07 Å². The Morgan fingerprint density at radius 1 is 0.452 bits per heavy atom. The van der Waals surface area contributed by atoms with Gasteiger partial charge in [0.1, 0.15) is 5.69 Å². The molecular weight excluding hydrogens is 659 g/mol. The molecular formula is C18H5F21N2O. The molecule has 0 amide bonds. The van der Waals surface area contributed by atoms with Gasteiger partial charge in [-0.15, -0.1) is 0 Å². The fourth-order valence-electron chi connectivity index (χ4n) is 3.06. The van der Waals surface area contributed by atoms with Crippen LogP contribution in [0, 0.1) is 0 Å². The van der Waals surface area contributed by atoms with Crippen molar-refractivity contribution in [3.8, 4) is 0 Å². The van der Waals surface area contributed by atoms with Gasteiger partial charge in [0.25, 0.3) is 5.56 Å². The van der Waals surface area contributed by atoms with Crippen molar-refractivity contribution in [1.82, 2.24) is 10.2 Å². The lowest BCUT2D eigenvalue weighted by Gasteiger charge is -2.44. The summed E-state index contributed by atoms with van der Waals surface area (Å²) in [4.78, 5) is 11.6. The van der Waals surface area contributed by atoms with E-state index in [9.17, 15) is 97.0 Å². The molecule has 1 aromatic heterocycles. The lowest BCUT2D eigenvalue weighted by atomic mass is 9.85. The molecule has 0 spiro atoms. The van der Waals surface area contributed by atoms with E-state index >= 15 is 0 Å². The summed E-state index contributed by atoms with van der Waals surface area (Å²) >= 11 is 0. The van der Waals surface area contributed by atoms with Crippen molar-refractivity contribution in [2.24, 2.45) is 0 Å². The topological polar surface area (TPSA) is 45.8 Å². The third-order valence-corrected chi connectivity index (χ3v) is 5.50. The van der Waals surface area contributed by atoms with Gasteiger partial charge in [-0.2, -0.15) is 97.3 Å². The van der Waals surface area contributed by atoms with Crippen LogP contribution in [0.5, 0.6) is 0 Å². The van der Waals surface area contributed by atoms with Crippen LogP contribution in [0.25, 0.3) is 10.8 Å². The van der Waals surface area contributed by atoms with Crippen LogP contribution in [0.2, 0.25) is 0 Å². The number of alkyl halides is 21. The van der Waals surface area contributed by atoms with Crippen molar-refractivity contribution in [1.29, 1.82) is 0 Å². The molecule has 0 bridgehead atoms. The highest BCUT2D eigenvalue weighted by Gasteiger charge is 2.98. The number of aromatic nitrogens is 2. The highest BCUT2D eigenvalue weighted by molar-refractivity contribution is 5.84. The molecule has 3 nitrogen and oxygen atoms in total. The van der Waals surface area contributed by atoms with Crippen LogP contribution in [0.1, 0.15) is 5.69 Å². The molecule has 0 saturated heterocycles. The fourth-order valence-corrected chi connectivity index (χ4v) is 3.06. The van der Waals surface area contributed by atoms with Crippen LogP contribution >= 0.6 is 0 Å². The Kier molecular flexibility index (Phi) is 7.68. The SMILES string of the molecule is O=c1[nH]nc(C(F)(F)C(F)(F)C(F)(F)C(F)(F)C(F)(F)C(F)(F)C(F)(F)C(F)(F)C(F)(F)C(F)(F)F)c2ccccc12. The molecule has 24 heteroatoms. The van der Waals surface area contributed by atoms with Crippen molar-refractivity contribution < 1.29 is 92.2 Å². The molecule has 2 rings (SSSR count). The molecule has 0 aliphatic heterocycles. The zero-order valence-electron chi connectivity index (χ0n) is 18.6. The summed E-state index contributed by atoms with van der Waals surface area (Å²) in [7, 11) is 0. The number of fused-ring (bicyclic) bond motifs is 1. The molecule has 0 atom stereocenters. The smallest absolute Gasteiger partial charge is 0.267 e. The molecule has 42 heavy (non-hydrogen) atoms. The van der Waals surface area contributed by atoms with E-state index < -0.39 is 81.5 Å². The van der Waals surface area contributed by atoms with Gasteiger partial charge in [-0.3, -0.25) is 4.79 Å². The molecule has 1 aromatic carbocycles. The first-order valence-corrected chi connectivity index (χ1v) is 9.70. The monoisotopic (exact) mass is 664 g/mol. The van der Waals surface area contributed by atoms with E-state index in [0.717, 1.165) is 11.2 Å². The van der Waals surface area contributed by atoms with Gasteiger partial charge >= 0.3 is 59.5 Å². The third kappa shape index (κ3) is 4.08. The number of rotatable bonds is 9. The van der Waals surface area contributed by atoms with Gasteiger partial charge in [0.2, 0.25) is 0 Å². The second-order valence-electron chi connectivity index (χ2n) is 8.11. The predicted molar refractivity (Wildman–Crippen MR) is 91.9 cm³/mol. The first kappa shape index (κ1) is 35.1. The molecule has 0 unspecified atom stereocenters. The van der Waals surface area contributed by atoms with E-state index in [1.165, 1.54) is 0 Å². The van der Waals surface area contributed by atoms with Crippen LogP contribution < -0.4 is 5.56 Å². The number of hydrogen-bond acceptors (Lipinski definition) is 2. The van der Waals surface area contributed by atoms with E-state index in [4.69, 9.17) is 0 Å². The first-order chi connectivity index (χ1) is 18.2. The van der Waals surface area contributed by atoms with Crippen molar-refractivity contribution in [3.05, 3.63) is 40.3 Å². The second-order valence-corrected chi connectivity index (χ2v) is 8.11. The summed E-state index contributed by atoms with van der Waals surface area (Å²) in [6.07, 6.45) is -8.04. The van der Waals surface area contributed by atoms with Gasteiger partial charge in [0, 0.05) is 5.39 Å². The Hall–Kier alpha value is -3.11. The van der Waals surface area contributed by atoms with Crippen LogP contribution in [0.3, 0.4) is 0 Å². The maximum Gasteiger partial charge on any atom is 0.460 e. The Balaban J connectivity index is 2.79. The fraction of sp³-hybridized carbons (Fsp3) is 0.556. The maximum atomic E-state index is 14.5. The normalized spacial score (nSPS) is 15.8. The number of nitrogens with one attached hydrogen (secondary N) is 1. The molecule has 240 valence electrons. The number of halogens is 21. The Morgan fingerprint density at radius 2 is 0.762 bits per heavy atom. The summed E-state index contributed by atoms with van der Waals surface area (Å²) < 4.78 is 284. The highest BCUT2D eigenvalue weighted by atomic mass is 19.4. The standard InChI is InChI=1S/C18H5F21N2O/c19-9(20,7-5-3-1-2-4-6(5)8(42)41-40-7)10(21,22)11(23,24)12(25,26)13(27,28)14(29,30)15(31,32)16(33,34)17(35,36)18(37,38)39/h1-4H,(H,41,42). The van der Waals surface area contributed by atoms with Crippen LogP contribution in [-0.2, 0) is 5.92 Å². The van der Waals surface area contributed by atoms with E-state index in [2.05, 4.69) is 5.10 Å². The summed E-state index contributed by atoms with van der Waals surface area (Å²) in [5.41, 5.74) is -4.43. The molecule has 0 fully saturated rings. The minimum atomic E-state index is -9.25. The average molecular weight is 664 g/mol. The summed E-state index contributed by atoms with van der Waals surface area (Å²) in [6, 6.07) is 2.05. The molecule has 1 heterocycles. The van der Waals surface area contributed by atoms with Crippen LogP contribution in [-0.4, -0.2) is 63.8 Å². The minimum absolute atomic E-state index is 0.194. The van der Waals surface area contributed by atoms with Crippen molar-refractivity contribution in [3.63, 3.8) is 0 Å². The molecule has 0 saturated carbocycles. The van der Waals surface area contributed by atoms with Crippen molar-refractivity contribution in [2.75, 3.05) is 0 Å². The maximum absolute atomic E-state index is 14.5. The zero-order chi connectivity index (χ0) is 33.6. The highest BCUT2D eigenvalue weighted by Crippen LogP contribution is 2.67. The quantitative estimate of drug-likeness (QED) is 0.280. The Labute approximate surface area is 214 Å². The Morgan fingerprint density at radius 3 is 1.12 bits per heavy atom. The summed E-state index contributed by atoms with van der Waals surface area (Å²) in [6.45, 7) is 0. The number of benzene rings is 1. The number of H-pyrrole nitrogens is 1. The molecule has 1 N–H and O–H groups in total.